The van der Waals surface area contributed by atoms with Gasteiger partial charge in [0.1, 0.15) is 22.5 Å². The fourth-order valence-corrected chi connectivity index (χ4v) is 6.54. The summed E-state index contributed by atoms with van der Waals surface area (Å²) in [6.45, 7) is 9.97. The third kappa shape index (κ3) is 8.50. The number of benzene rings is 1. The van der Waals surface area contributed by atoms with Gasteiger partial charge in [-0.15, -0.1) is 11.3 Å². The number of aromatic nitrogens is 3. The van der Waals surface area contributed by atoms with Crippen molar-refractivity contribution in [2.45, 2.75) is 71.3 Å². The third-order valence-corrected chi connectivity index (χ3v) is 9.04. The molecule has 13 heteroatoms. The molecule has 1 atom stereocenters. The van der Waals surface area contributed by atoms with E-state index in [4.69, 9.17) is 4.74 Å². The normalized spacial score (nSPS) is 13.0. The zero-order valence-electron chi connectivity index (χ0n) is 26.0. The first-order chi connectivity index (χ1) is 21.1. The average molecular weight is 652 g/mol. The second kappa shape index (κ2) is 13.4. The van der Waals surface area contributed by atoms with Crippen LogP contribution in [0.2, 0.25) is 0 Å². The van der Waals surface area contributed by atoms with Crippen LogP contribution in [0.3, 0.4) is 0 Å². The number of ether oxygens (including phenoxy) is 1. The van der Waals surface area contributed by atoms with Crippen LogP contribution < -0.4 is 4.90 Å². The fraction of sp³-hybridized carbons (Fsp3) is 0.344. The molecular weight excluding hydrogens is 615 g/mol. The lowest BCUT2D eigenvalue weighted by Gasteiger charge is -2.37. The molecule has 3 aromatic heterocycles. The standard InChI is InChI=1S/C32H37N5O6S2/c1-31(2,3)27(29(38)39)37(30(40)43-32(4,5)6)25-11-9-10-24(35-25)21-36(45(41,42)26-12-7-8-17-33-26)20-22-13-15-23(16-14-22)28-34-18-19-44-28/h7-19,27H,20-21H2,1-6H3,(H,38,39). The number of aliphatic carboxylic acids is 1. The lowest BCUT2D eigenvalue weighted by Crippen LogP contribution is -2.54. The minimum absolute atomic E-state index is 0.00150. The van der Waals surface area contributed by atoms with Crippen molar-refractivity contribution in [2.24, 2.45) is 5.41 Å². The molecule has 238 valence electrons. The Morgan fingerprint density at radius 1 is 0.911 bits per heavy atom. The van der Waals surface area contributed by atoms with Crippen LogP contribution in [0, 0.1) is 5.41 Å². The van der Waals surface area contributed by atoms with Crippen LogP contribution in [0.25, 0.3) is 10.6 Å². The van der Waals surface area contributed by atoms with Gasteiger partial charge in [0.05, 0.1) is 12.2 Å². The molecule has 0 fully saturated rings. The lowest BCUT2D eigenvalue weighted by atomic mass is 9.85. The molecule has 3 heterocycles. The highest BCUT2D eigenvalue weighted by atomic mass is 32.2. The largest absolute Gasteiger partial charge is 0.480 e. The summed E-state index contributed by atoms with van der Waals surface area (Å²) in [5.74, 6) is -1.21. The van der Waals surface area contributed by atoms with E-state index in [2.05, 4.69) is 15.0 Å². The van der Waals surface area contributed by atoms with Gasteiger partial charge in [-0.2, -0.15) is 4.31 Å². The SMILES string of the molecule is CC(C)(C)OC(=O)N(c1cccc(CN(Cc2ccc(-c3nccs3)cc2)S(=O)(=O)c2ccccn2)n1)C(C(=O)O)C(C)(C)C. The highest BCUT2D eigenvalue weighted by Gasteiger charge is 2.42. The van der Waals surface area contributed by atoms with Crippen molar-refractivity contribution in [2.75, 3.05) is 4.90 Å². The fourth-order valence-electron chi connectivity index (χ4n) is 4.56. The number of carbonyl (C=O) groups is 2. The first-order valence-electron chi connectivity index (χ1n) is 14.2. The minimum Gasteiger partial charge on any atom is -0.480 e. The van der Waals surface area contributed by atoms with Gasteiger partial charge in [0.25, 0.3) is 10.0 Å². The van der Waals surface area contributed by atoms with Crippen molar-refractivity contribution in [1.82, 2.24) is 19.3 Å². The third-order valence-electron chi connectivity index (χ3n) is 6.51. The second-order valence-corrected chi connectivity index (χ2v) is 15.2. The zero-order valence-corrected chi connectivity index (χ0v) is 27.7. The predicted molar refractivity (Wildman–Crippen MR) is 172 cm³/mol. The average Bonchev–Trinajstić information content (AvgIpc) is 3.50. The Bertz CT molecular complexity index is 1720. The maximum atomic E-state index is 13.9. The molecule has 0 aliphatic heterocycles. The summed E-state index contributed by atoms with van der Waals surface area (Å²) in [4.78, 5) is 40.0. The highest BCUT2D eigenvalue weighted by Crippen LogP contribution is 2.31. The number of sulfonamides is 1. The lowest BCUT2D eigenvalue weighted by molar-refractivity contribution is -0.141. The molecular formula is C32H37N5O6S2. The van der Waals surface area contributed by atoms with Gasteiger partial charge in [-0.3, -0.25) is 0 Å². The summed E-state index contributed by atoms with van der Waals surface area (Å²) >= 11 is 1.50. The number of carboxylic acids is 1. The molecule has 1 N–H and O–H groups in total. The molecule has 4 rings (SSSR count). The Balaban J connectivity index is 1.74. The number of hydrogen-bond acceptors (Lipinski definition) is 9. The summed E-state index contributed by atoms with van der Waals surface area (Å²) in [6.07, 6.45) is 2.25. The van der Waals surface area contributed by atoms with Gasteiger partial charge in [-0.25, -0.2) is 37.9 Å². The van der Waals surface area contributed by atoms with Gasteiger partial charge in [0.2, 0.25) is 0 Å². The van der Waals surface area contributed by atoms with E-state index in [1.54, 1.807) is 72.0 Å². The van der Waals surface area contributed by atoms with Crippen molar-refractivity contribution < 1.29 is 27.9 Å². The minimum atomic E-state index is -4.10. The van der Waals surface area contributed by atoms with Gasteiger partial charge in [0, 0.05) is 29.9 Å². The maximum Gasteiger partial charge on any atom is 0.416 e. The number of carboxylic acid groups (broad SMARTS) is 1. The first kappa shape index (κ1) is 33.7. The van der Waals surface area contributed by atoms with Crippen molar-refractivity contribution >= 4 is 39.2 Å². The van der Waals surface area contributed by atoms with Gasteiger partial charge >= 0.3 is 12.1 Å². The number of nitrogens with zero attached hydrogens (tertiary/aromatic N) is 5. The number of rotatable bonds is 10. The van der Waals surface area contributed by atoms with Crippen LogP contribution in [-0.4, -0.2) is 56.5 Å². The smallest absolute Gasteiger partial charge is 0.416 e. The molecule has 1 unspecified atom stereocenters. The number of amides is 1. The van der Waals surface area contributed by atoms with E-state index in [0.717, 1.165) is 21.0 Å². The molecule has 0 aliphatic rings. The predicted octanol–water partition coefficient (Wildman–Crippen LogP) is 6.23. The molecule has 0 saturated carbocycles. The number of pyridine rings is 2. The number of thiazole rings is 1. The van der Waals surface area contributed by atoms with E-state index in [0.29, 0.717) is 0 Å². The number of carbonyl (C=O) groups excluding carboxylic acids is 1. The van der Waals surface area contributed by atoms with Gasteiger partial charge in [-0.05, 0) is 56.0 Å². The molecule has 4 aromatic rings. The first-order valence-corrected chi connectivity index (χ1v) is 16.5. The van der Waals surface area contributed by atoms with Gasteiger partial charge in [0.15, 0.2) is 5.03 Å². The molecule has 0 aliphatic carbocycles. The van der Waals surface area contributed by atoms with E-state index in [-0.39, 0.29) is 29.6 Å². The van der Waals surface area contributed by atoms with E-state index < -0.39 is 39.1 Å². The Labute approximate surface area is 267 Å². The molecule has 0 bridgehead atoms. The summed E-state index contributed by atoms with van der Waals surface area (Å²) in [6, 6.07) is 15.5. The molecule has 11 nitrogen and oxygen atoms in total. The number of anilines is 1. The summed E-state index contributed by atoms with van der Waals surface area (Å²) < 4.78 is 34.6. The van der Waals surface area contributed by atoms with Crippen LogP contribution >= 0.6 is 11.3 Å². The van der Waals surface area contributed by atoms with E-state index in [1.165, 1.54) is 34.0 Å². The van der Waals surface area contributed by atoms with Gasteiger partial charge < -0.3 is 9.84 Å². The Hall–Kier alpha value is -4.20. The molecule has 1 aromatic carbocycles. The summed E-state index contributed by atoms with van der Waals surface area (Å²) in [5.41, 5.74) is 0.116. The van der Waals surface area contributed by atoms with E-state index in [1.807, 2.05) is 29.6 Å². The van der Waals surface area contributed by atoms with Crippen LogP contribution in [-0.2, 0) is 32.6 Å². The number of hydrogen-bond donors (Lipinski definition) is 1. The van der Waals surface area contributed by atoms with Crippen LogP contribution in [0.4, 0.5) is 10.6 Å². The molecule has 0 spiro atoms. The van der Waals surface area contributed by atoms with E-state index >= 15 is 0 Å². The summed E-state index contributed by atoms with van der Waals surface area (Å²) in [7, 11) is -4.10. The van der Waals surface area contributed by atoms with E-state index in [9.17, 15) is 23.1 Å². The zero-order chi connectivity index (χ0) is 33.0. The van der Waals surface area contributed by atoms with Crippen LogP contribution in [0.5, 0.6) is 0 Å². The van der Waals surface area contributed by atoms with Crippen molar-refractivity contribution in [3.8, 4) is 10.6 Å². The Morgan fingerprint density at radius 3 is 2.18 bits per heavy atom. The molecule has 1 amide bonds. The highest BCUT2D eigenvalue weighted by molar-refractivity contribution is 7.89. The molecule has 0 radical (unpaired) electrons. The maximum absolute atomic E-state index is 13.9. The van der Waals surface area contributed by atoms with Crippen molar-refractivity contribution in [3.05, 3.63) is 89.7 Å². The Kier molecular flexibility index (Phi) is 10.1. The van der Waals surface area contributed by atoms with Crippen molar-refractivity contribution in [1.29, 1.82) is 0 Å². The van der Waals surface area contributed by atoms with Crippen molar-refractivity contribution in [3.63, 3.8) is 0 Å². The molecule has 0 saturated heterocycles. The summed E-state index contributed by atoms with van der Waals surface area (Å²) in [5, 5.41) is 12.8. The van der Waals surface area contributed by atoms with Crippen LogP contribution in [0.1, 0.15) is 52.8 Å². The van der Waals surface area contributed by atoms with Crippen LogP contribution in [0.15, 0.2) is 83.5 Å². The second-order valence-electron chi connectivity index (χ2n) is 12.4. The van der Waals surface area contributed by atoms with Gasteiger partial charge in [-0.1, -0.05) is 57.2 Å². The monoisotopic (exact) mass is 651 g/mol. The molecule has 45 heavy (non-hydrogen) atoms. The topological polar surface area (TPSA) is 143 Å². The quantitative estimate of drug-likeness (QED) is 0.211. The Morgan fingerprint density at radius 2 is 1.62 bits per heavy atom.